The van der Waals surface area contributed by atoms with Gasteiger partial charge in [-0.2, -0.15) is 0 Å². The SMILES string of the molecule is Cc1ccc(C(=O)N(C)CC2CN(C(=O)c3cccnc3)CCN2C(c2ccccc2)c2ccccc2)[nH]1. The minimum absolute atomic E-state index is 0.00530. The molecule has 1 unspecified atom stereocenters. The molecule has 0 bridgehead atoms. The fourth-order valence-corrected chi connectivity index (χ4v) is 5.31. The summed E-state index contributed by atoms with van der Waals surface area (Å²) >= 11 is 0. The number of nitrogens with one attached hydrogen (secondary N) is 1. The van der Waals surface area contributed by atoms with E-state index < -0.39 is 0 Å². The van der Waals surface area contributed by atoms with Crippen molar-refractivity contribution in [1.82, 2.24) is 24.7 Å². The van der Waals surface area contributed by atoms with Crippen LogP contribution in [0.15, 0.2) is 97.3 Å². The van der Waals surface area contributed by atoms with Crippen molar-refractivity contribution in [2.45, 2.75) is 19.0 Å². The molecule has 2 aromatic carbocycles. The third kappa shape index (κ3) is 5.53. The summed E-state index contributed by atoms with van der Waals surface area (Å²) in [6.45, 7) is 4.18. The molecule has 1 atom stereocenters. The second-order valence-corrected chi connectivity index (χ2v) is 9.85. The number of amides is 2. The van der Waals surface area contributed by atoms with E-state index in [9.17, 15) is 9.59 Å². The number of pyridine rings is 1. The topological polar surface area (TPSA) is 72.5 Å². The highest BCUT2D eigenvalue weighted by atomic mass is 16.2. The third-order valence-corrected chi connectivity index (χ3v) is 7.18. The van der Waals surface area contributed by atoms with Crippen molar-refractivity contribution < 1.29 is 9.59 Å². The lowest BCUT2D eigenvalue weighted by atomic mass is 9.94. The molecule has 2 amide bonds. The first-order valence-corrected chi connectivity index (χ1v) is 13.0. The summed E-state index contributed by atoms with van der Waals surface area (Å²) in [7, 11) is 1.83. The Morgan fingerprint density at radius 1 is 0.947 bits per heavy atom. The first-order valence-electron chi connectivity index (χ1n) is 13.0. The quantitative estimate of drug-likeness (QED) is 0.402. The van der Waals surface area contributed by atoms with E-state index in [-0.39, 0.29) is 23.9 Å². The van der Waals surface area contributed by atoms with Crippen molar-refractivity contribution in [3.63, 3.8) is 0 Å². The first kappa shape index (κ1) is 25.4. The lowest BCUT2D eigenvalue weighted by Gasteiger charge is -2.46. The van der Waals surface area contributed by atoms with Crippen molar-refractivity contribution in [2.75, 3.05) is 33.2 Å². The molecular weight excluding hydrogens is 474 g/mol. The van der Waals surface area contributed by atoms with Gasteiger partial charge >= 0.3 is 0 Å². The highest BCUT2D eigenvalue weighted by Gasteiger charge is 2.36. The number of aromatic nitrogens is 2. The van der Waals surface area contributed by atoms with Gasteiger partial charge < -0.3 is 14.8 Å². The van der Waals surface area contributed by atoms with Crippen molar-refractivity contribution in [3.8, 4) is 0 Å². The molecule has 4 aromatic rings. The fourth-order valence-electron chi connectivity index (χ4n) is 5.31. The predicted molar refractivity (Wildman–Crippen MR) is 148 cm³/mol. The van der Waals surface area contributed by atoms with Gasteiger partial charge in [0.25, 0.3) is 11.8 Å². The van der Waals surface area contributed by atoms with E-state index in [1.54, 1.807) is 29.4 Å². The number of hydrogen-bond donors (Lipinski definition) is 1. The maximum Gasteiger partial charge on any atom is 0.270 e. The zero-order valence-corrected chi connectivity index (χ0v) is 21.8. The van der Waals surface area contributed by atoms with E-state index in [4.69, 9.17) is 0 Å². The van der Waals surface area contributed by atoms with Gasteiger partial charge in [0.2, 0.25) is 0 Å². The van der Waals surface area contributed by atoms with Crippen LogP contribution < -0.4 is 0 Å². The van der Waals surface area contributed by atoms with Gasteiger partial charge in [-0.1, -0.05) is 60.7 Å². The van der Waals surface area contributed by atoms with Gasteiger partial charge in [0.05, 0.1) is 11.6 Å². The number of aromatic amines is 1. The Balaban J connectivity index is 1.47. The summed E-state index contributed by atoms with van der Waals surface area (Å²) in [5.41, 5.74) is 4.46. The van der Waals surface area contributed by atoms with Crippen LogP contribution in [-0.2, 0) is 0 Å². The minimum Gasteiger partial charge on any atom is -0.355 e. The second-order valence-electron chi connectivity index (χ2n) is 9.85. The van der Waals surface area contributed by atoms with Crippen LogP contribution in [0.4, 0.5) is 0 Å². The molecule has 194 valence electrons. The number of piperazine rings is 1. The maximum absolute atomic E-state index is 13.4. The normalized spacial score (nSPS) is 16.0. The molecule has 1 N–H and O–H groups in total. The van der Waals surface area contributed by atoms with E-state index in [2.05, 4.69) is 63.4 Å². The minimum atomic E-state index is -0.0835. The van der Waals surface area contributed by atoms with Crippen LogP contribution >= 0.6 is 0 Å². The zero-order chi connectivity index (χ0) is 26.5. The molecule has 1 fully saturated rings. The maximum atomic E-state index is 13.4. The molecule has 1 aliphatic rings. The van der Waals surface area contributed by atoms with Crippen LogP contribution in [0, 0.1) is 6.92 Å². The summed E-state index contributed by atoms with van der Waals surface area (Å²) in [6.07, 6.45) is 3.29. The molecule has 3 heterocycles. The van der Waals surface area contributed by atoms with Crippen LogP contribution in [0.3, 0.4) is 0 Å². The Bertz CT molecular complexity index is 1320. The Morgan fingerprint density at radius 3 is 2.21 bits per heavy atom. The second kappa shape index (κ2) is 11.4. The lowest BCUT2D eigenvalue weighted by Crippen LogP contribution is -2.59. The van der Waals surface area contributed by atoms with Crippen LogP contribution in [0.5, 0.6) is 0 Å². The van der Waals surface area contributed by atoms with Gasteiger partial charge in [0.1, 0.15) is 5.69 Å². The van der Waals surface area contributed by atoms with Crippen LogP contribution in [0.25, 0.3) is 0 Å². The highest BCUT2D eigenvalue weighted by Crippen LogP contribution is 2.32. The summed E-state index contributed by atoms with van der Waals surface area (Å²) < 4.78 is 0. The molecule has 1 aliphatic heterocycles. The van der Waals surface area contributed by atoms with Crippen molar-refractivity contribution in [2.24, 2.45) is 0 Å². The standard InChI is InChI=1S/C31H33N5O2/c1-23-15-16-28(33-23)31(38)34(2)21-27-22-35(30(37)26-14-9-17-32-20-26)18-19-36(27)29(24-10-5-3-6-11-24)25-12-7-4-8-13-25/h3-17,20,27,29,33H,18-19,21-22H2,1-2H3. The Labute approximate surface area is 223 Å². The van der Waals surface area contributed by atoms with Crippen molar-refractivity contribution >= 4 is 11.8 Å². The molecule has 0 radical (unpaired) electrons. The molecule has 7 heteroatoms. The summed E-state index contributed by atoms with van der Waals surface area (Å²) in [5.74, 6) is -0.0996. The molecule has 7 nitrogen and oxygen atoms in total. The number of likely N-dealkylation sites (N-methyl/N-ethyl adjacent to an activating group) is 1. The molecule has 2 aromatic heterocycles. The Morgan fingerprint density at radius 2 is 1.63 bits per heavy atom. The van der Waals surface area contributed by atoms with E-state index in [1.165, 1.54) is 11.1 Å². The van der Waals surface area contributed by atoms with E-state index in [0.29, 0.717) is 37.4 Å². The number of benzene rings is 2. The van der Waals surface area contributed by atoms with Gasteiger partial charge in [0, 0.05) is 57.4 Å². The monoisotopic (exact) mass is 507 g/mol. The number of H-pyrrole nitrogens is 1. The summed E-state index contributed by atoms with van der Waals surface area (Å²) in [4.78, 5) is 40.0. The molecule has 0 spiro atoms. The number of carbonyl (C=O) groups excluding carboxylic acids is 2. The number of rotatable bonds is 7. The Kier molecular flexibility index (Phi) is 7.65. The summed E-state index contributed by atoms with van der Waals surface area (Å²) in [6, 6.07) is 28.1. The molecule has 0 saturated carbocycles. The van der Waals surface area contributed by atoms with Gasteiger partial charge in [0.15, 0.2) is 0 Å². The van der Waals surface area contributed by atoms with Crippen molar-refractivity contribution in [3.05, 3.63) is 125 Å². The third-order valence-electron chi connectivity index (χ3n) is 7.18. The number of nitrogens with zero attached hydrogens (tertiary/aromatic N) is 4. The number of carbonyl (C=O) groups is 2. The average Bonchev–Trinajstić information content (AvgIpc) is 3.41. The molecule has 5 rings (SSSR count). The van der Waals surface area contributed by atoms with Gasteiger partial charge in [-0.3, -0.25) is 19.5 Å². The van der Waals surface area contributed by atoms with Gasteiger partial charge in [-0.05, 0) is 42.3 Å². The largest absolute Gasteiger partial charge is 0.355 e. The summed E-state index contributed by atoms with van der Waals surface area (Å²) in [5, 5.41) is 0. The predicted octanol–water partition coefficient (Wildman–Crippen LogP) is 4.41. The number of aryl methyl sites for hydroxylation is 1. The van der Waals surface area contributed by atoms with E-state index >= 15 is 0 Å². The zero-order valence-electron chi connectivity index (χ0n) is 21.8. The first-order chi connectivity index (χ1) is 18.5. The molecular formula is C31H33N5O2. The number of hydrogen-bond acceptors (Lipinski definition) is 4. The lowest BCUT2D eigenvalue weighted by molar-refractivity contribution is 0.0281. The fraction of sp³-hybridized carbons (Fsp3) is 0.258. The van der Waals surface area contributed by atoms with Gasteiger partial charge in [-0.15, -0.1) is 0 Å². The van der Waals surface area contributed by atoms with Gasteiger partial charge in [-0.25, -0.2) is 0 Å². The van der Waals surface area contributed by atoms with E-state index in [0.717, 1.165) is 5.69 Å². The van der Waals surface area contributed by atoms with Crippen LogP contribution in [0.1, 0.15) is 43.7 Å². The average molecular weight is 508 g/mol. The van der Waals surface area contributed by atoms with Crippen molar-refractivity contribution in [1.29, 1.82) is 0 Å². The van der Waals surface area contributed by atoms with Crippen LogP contribution in [0.2, 0.25) is 0 Å². The molecule has 1 saturated heterocycles. The molecule has 0 aliphatic carbocycles. The Hall–Kier alpha value is -4.23. The molecule has 38 heavy (non-hydrogen) atoms. The van der Waals surface area contributed by atoms with E-state index in [1.807, 2.05) is 43.1 Å². The van der Waals surface area contributed by atoms with Crippen LogP contribution in [-0.4, -0.2) is 75.8 Å². The highest BCUT2D eigenvalue weighted by molar-refractivity contribution is 5.94. The smallest absolute Gasteiger partial charge is 0.270 e.